The molecule has 100 valence electrons. The molecule has 0 fully saturated rings. The van der Waals surface area contributed by atoms with Gasteiger partial charge in [-0.15, -0.1) is 0 Å². The molecule has 0 bridgehead atoms. The van der Waals surface area contributed by atoms with Gasteiger partial charge in [0.2, 0.25) is 0 Å². The summed E-state index contributed by atoms with van der Waals surface area (Å²) >= 11 is 0. The maximum atomic E-state index is 12.1. The van der Waals surface area contributed by atoms with Crippen LogP contribution in [-0.2, 0) is 4.79 Å². The third kappa shape index (κ3) is 2.25. The first kappa shape index (κ1) is 12.3. The lowest BCUT2D eigenvalue weighted by molar-refractivity contribution is -0.116. The Morgan fingerprint density at radius 2 is 2.00 bits per heavy atom. The zero-order valence-corrected chi connectivity index (χ0v) is 11.0. The van der Waals surface area contributed by atoms with Gasteiger partial charge in [0, 0.05) is 18.0 Å². The van der Waals surface area contributed by atoms with Gasteiger partial charge in [-0.2, -0.15) is 5.10 Å². The number of benzene rings is 1. The number of anilines is 1. The molecule has 5 nitrogen and oxygen atoms in total. The van der Waals surface area contributed by atoms with E-state index >= 15 is 0 Å². The Bertz CT molecular complexity index is 651. The molecule has 20 heavy (non-hydrogen) atoms. The Morgan fingerprint density at radius 3 is 2.65 bits per heavy atom. The van der Waals surface area contributed by atoms with Gasteiger partial charge in [0.25, 0.3) is 5.91 Å². The molecule has 2 aromatic rings. The van der Waals surface area contributed by atoms with Gasteiger partial charge in [-0.1, -0.05) is 0 Å². The third-order valence-electron chi connectivity index (χ3n) is 3.09. The molecular formula is C15H13N3O2. The van der Waals surface area contributed by atoms with E-state index in [0.717, 1.165) is 22.7 Å². The lowest BCUT2D eigenvalue weighted by atomic mass is 10.1. The number of hydrazone groups is 1. The highest BCUT2D eigenvalue weighted by Crippen LogP contribution is 2.24. The molecule has 0 spiro atoms. The molecule has 0 saturated carbocycles. The molecule has 1 aromatic carbocycles. The van der Waals surface area contributed by atoms with Crippen LogP contribution in [0.5, 0.6) is 5.75 Å². The van der Waals surface area contributed by atoms with E-state index in [4.69, 9.17) is 4.74 Å². The summed E-state index contributed by atoms with van der Waals surface area (Å²) in [7, 11) is 1.61. The summed E-state index contributed by atoms with van der Waals surface area (Å²) in [6.45, 7) is 0. The average Bonchev–Trinajstić information content (AvgIpc) is 2.90. The number of hydrogen-bond donors (Lipinski definition) is 0. The average molecular weight is 267 g/mol. The Hall–Kier alpha value is -2.69. The van der Waals surface area contributed by atoms with Crippen LogP contribution in [-0.4, -0.2) is 23.7 Å². The Balaban J connectivity index is 1.90. The fourth-order valence-electron chi connectivity index (χ4n) is 2.05. The topological polar surface area (TPSA) is 54.8 Å². The summed E-state index contributed by atoms with van der Waals surface area (Å²) in [6.07, 6.45) is 3.70. The van der Waals surface area contributed by atoms with E-state index in [1.54, 1.807) is 31.6 Å². The number of nitrogens with zero attached hydrogens (tertiary/aromatic N) is 3. The summed E-state index contributed by atoms with van der Waals surface area (Å²) in [6, 6.07) is 11.0. The Kier molecular flexibility index (Phi) is 3.16. The number of hydrogen-bond acceptors (Lipinski definition) is 4. The van der Waals surface area contributed by atoms with Crippen LogP contribution in [0.1, 0.15) is 12.0 Å². The molecule has 1 aliphatic heterocycles. The van der Waals surface area contributed by atoms with Gasteiger partial charge in [0.15, 0.2) is 0 Å². The lowest BCUT2D eigenvalue weighted by Crippen LogP contribution is -2.19. The monoisotopic (exact) mass is 267 g/mol. The normalized spacial score (nSPS) is 14.3. The van der Waals surface area contributed by atoms with Gasteiger partial charge in [-0.25, -0.2) is 5.01 Å². The number of amides is 1. The number of carbonyl (C=O) groups is 1. The fraction of sp³-hybridized carbons (Fsp3) is 0.133. The van der Waals surface area contributed by atoms with Gasteiger partial charge >= 0.3 is 0 Å². The van der Waals surface area contributed by atoms with Crippen molar-refractivity contribution in [3.05, 3.63) is 54.4 Å². The molecule has 2 heterocycles. The maximum Gasteiger partial charge on any atom is 0.253 e. The van der Waals surface area contributed by atoms with Gasteiger partial charge < -0.3 is 4.74 Å². The zero-order chi connectivity index (χ0) is 13.9. The van der Waals surface area contributed by atoms with Crippen molar-refractivity contribution in [1.82, 2.24) is 4.98 Å². The van der Waals surface area contributed by atoms with E-state index in [1.807, 2.05) is 24.3 Å². The molecule has 1 amide bonds. The summed E-state index contributed by atoms with van der Waals surface area (Å²) in [5.74, 6) is 0.700. The number of carbonyl (C=O) groups excluding carboxylic acids is 1. The van der Waals surface area contributed by atoms with E-state index in [0.29, 0.717) is 0 Å². The van der Waals surface area contributed by atoms with Gasteiger partial charge in [-0.3, -0.25) is 9.78 Å². The highest BCUT2D eigenvalue weighted by Gasteiger charge is 2.26. The molecule has 1 aromatic heterocycles. The molecule has 0 radical (unpaired) electrons. The smallest absolute Gasteiger partial charge is 0.253 e. The maximum absolute atomic E-state index is 12.1. The van der Waals surface area contributed by atoms with Crippen LogP contribution >= 0.6 is 0 Å². The van der Waals surface area contributed by atoms with E-state index in [2.05, 4.69) is 10.1 Å². The zero-order valence-electron chi connectivity index (χ0n) is 11.0. The molecular weight excluding hydrogens is 254 g/mol. The van der Waals surface area contributed by atoms with Crippen LogP contribution < -0.4 is 9.75 Å². The number of methoxy groups -OCH3 is 1. The van der Waals surface area contributed by atoms with Crippen LogP contribution in [0.3, 0.4) is 0 Å². The van der Waals surface area contributed by atoms with Crippen LogP contribution in [0.2, 0.25) is 0 Å². The van der Waals surface area contributed by atoms with Crippen molar-refractivity contribution in [3.63, 3.8) is 0 Å². The number of aromatic nitrogens is 1. The van der Waals surface area contributed by atoms with Crippen molar-refractivity contribution in [2.75, 3.05) is 12.1 Å². The van der Waals surface area contributed by atoms with Crippen LogP contribution in [0.25, 0.3) is 0 Å². The summed E-state index contributed by atoms with van der Waals surface area (Å²) in [4.78, 5) is 16.1. The van der Waals surface area contributed by atoms with Crippen LogP contribution in [0, 0.1) is 0 Å². The van der Waals surface area contributed by atoms with Gasteiger partial charge in [-0.05, 0) is 36.4 Å². The number of pyridine rings is 1. The summed E-state index contributed by atoms with van der Waals surface area (Å²) < 4.78 is 5.10. The molecule has 0 saturated heterocycles. The molecule has 3 rings (SSSR count). The second kappa shape index (κ2) is 5.13. The Labute approximate surface area is 116 Å². The first-order chi connectivity index (χ1) is 9.78. The minimum absolute atomic E-state index is 0.0472. The lowest BCUT2D eigenvalue weighted by Gasteiger charge is -2.11. The molecule has 0 N–H and O–H groups in total. The standard InChI is InChI=1S/C15H13N3O2/c1-20-13-6-4-12(5-7-13)18-15(19)9-14(17-18)11-3-2-8-16-10-11/h2-8,10H,9H2,1H3. The summed E-state index contributed by atoms with van der Waals surface area (Å²) in [5.41, 5.74) is 2.34. The predicted molar refractivity (Wildman–Crippen MR) is 75.9 cm³/mol. The highest BCUT2D eigenvalue weighted by molar-refractivity contribution is 6.19. The molecule has 0 atom stereocenters. The van der Waals surface area contributed by atoms with Gasteiger partial charge in [0.05, 0.1) is 24.9 Å². The van der Waals surface area contributed by atoms with Crippen molar-refractivity contribution >= 4 is 17.3 Å². The number of rotatable bonds is 3. The molecule has 0 unspecified atom stereocenters. The second-order valence-electron chi connectivity index (χ2n) is 4.37. The van der Waals surface area contributed by atoms with Crippen molar-refractivity contribution in [2.24, 2.45) is 5.10 Å². The quantitative estimate of drug-likeness (QED) is 0.857. The van der Waals surface area contributed by atoms with E-state index in [-0.39, 0.29) is 12.3 Å². The van der Waals surface area contributed by atoms with E-state index in [9.17, 15) is 4.79 Å². The minimum atomic E-state index is -0.0472. The largest absolute Gasteiger partial charge is 0.497 e. The molecule has 0 aliphatic carbocycles. The first-order valence-corrected chi connectivity index (χ1v) is 6.23. The predicted octanol–water partition coefficient (Wildman–Crippen LogP) is 2.23. The minimum Gasteiger partial charge on any atom is -0.497 e. The van der Waals surface area contributed by atoms with E-state index in [1.165, 1.54) is 5.01 Å². The van der Waals surface area contributed by atoms with Crippen molar-refractivity contribution in [1.29, 1.82) is 0 Å². The third-order valence-corrected chi connectivity index (χ3v) is 3.09. The van der Waals surface area contributed by atoms with Crippen molar-refractivity contribution < 1.29 is 9.53 Å². The molecule has 5 heteroatoms. The SMILES string of the molecule is COc1ccc(N2N=C(c3cccnc3)CC2=O)cc1. The Morgan fingerprint density at radius 1 is 1.20 bits per heavy atom. The van der Waals surface area contributed by atoms with E-state index < -0.39 is 0 Å². The van der Waals surface area contributed by atoms with Gasteiger partial charge in [0.1, 0.15) is 5.75 Å². The first-order valence-electron chi connectivity index (χ1n) is 6.23. The van der Waals surface area contributed by atoms with Crippen LogP contribution in [0.4, 0.5) is 5.69 Å². The summed E-state index contributed by atoms with van der Waals surface area (Å²) in [5, 5.41) is 5.80. The number of ether oxygens (including phenoxy) is 1. The fourth-order valence-corrected chi connectivity index (χ4v) is 2.05. The molecule has 1 aliphatic rings. The second-order valence-corrected chi connectivity index (χ2v) is 4.37. The van der Waals surface area contributed by atoms with Crippen molar-refractivity contribution in [3.8, 4) is 5.75 Å². The van der Waals surface area contributed by atoms with Crippen molar-refractivity contribution in [2.45, 2.75) is 6.42 Å². The highest BCUT2D eigenvalue weighted by atomic mass is 16.5. The van der Waals surface area contributed by atoms with Crippen LogP contribution in [0.15, 0.2) is 53.9 Å².